The van der Waals surface area contributed by atoms with Crippen LogP contribution in [0, 0.1) is 5.92 Å². The highest BCUT2D eigenvalue weighted by Gasteiger charge is 2.26. The van der Waals surface area contributed by atoms with Crippen molar-refractivity contribution in [2.75, 3.05) is 41.9 Å². The molecule has 0 spiro atoms. The van der Waals surface area contributed by atoms with Crippen molar-refractivity contribution in [3.05, 3.63) is 53.6 Å². The first-order chi connectivity index (χ1) is 14.2. The summed E-state index contributed by atoms with van der Waals surface area (Å²) >= 11 is 6.11. The Labute approximate surface area is 184 Å². The molecule has 6 nitrogen and oxygen atoms in total. The molecule has 162 valence electrons. The van der Waals surface area contributed by atoms with Crippen LogP contribution >= 0.6 is 11.6 Å². The van der Waals surface area contributed by atoms with Crippen molar-refractivity contribution in [3.8, 4) is 0 Å². The molecular weight excluding hydrogens is 422 g/mol. The Kier molecular flexibility index (Phi) is 6.93. The summed E-state index contributed by atoms with van der Waals surface area (Å²) in [7, 11) is -3.73. The van der Waals surface area contributed by atoms with Gasteiger partial charge in [0, 0.05) is 50.4 Å². The molecule has 1 saturated heterocycles. The molecule has 0 atom stereocenters. The first-order valence-corrected chi connectivity index (χ1v) is 11.9. The highest BCUT2D eigenvalue weighted by Crippen LogP contribution is 2.28. The molecule has 30 heavy (non-hydrogen) atoms. The van der Waals surface area contributed by atoms with Crippen LogP contribution in [0.2, 0.25) is 5.02 Å². The SMILES string of the molecule is CC(=O)N1CCN(c2ccc(S(=O)(=O)N(CC(C)C)c3cccc(Cl)c3)cc2)CC1. The van der Waals surface area contributed by atoms with Gasteiger partial charge in [0.15, 0.2) is 0 Å². The van der Waals surface area contributed by atoms with Gasteiger partial charge in [0.2, 0.25) is 5.91 Å². The summed E-state index contributed by atoms with van der Waals surface area (Å²) in [6, 6.07) is 13.9. The number of hydrogen-bond acceptors (Lipinski definition) is 4. The lowest BCUT2D eigenvalue weighted by molar-refractivity contribution is -0.129. The van der Waals surface area contributed by atoms with E-state index in [1.54, 1.807) is 43.3 Å². The number of sulfonamides is 1. The monoisotopic (exact) mass is 449 g/mol. The second kappa shape index (κ2) is 9.27. The minimum atomic E-state index is -3.73. The summed E-state index contributed by atoms with van der Waals surface area (Å²) in [6.07, 6.45) is 0. The second-order valence-corrected chi connectivity index (χ2v) is 10.2. The van der Waals surface area contributed by atoms with Crippen LogP contribution in [0.25, 0.3) is 0 Å². The first-order valence-electron chi connectivity index (χ1n) is 10.1. The van der Waals surface area contributed by atoms with E-state index in [1.807, 2.05) is 30.9 Å². The Bertz CT molecular complexity index is 985. The van der Waals surface area contributed by atoms with Crippen LogP contribution in [0.5, 0.6) is 0 Å². The molecule has 1 heterocycles. The third-order valence-corrected chi connectivity index (χ3v) is 7.19. The second-order valence-electron chi connectivity index (χ2n) is 7.90. The van der Waals surface area contributed by atoms with E-state index in [4.69, 9.17) is 11.6 Å². The molecule has 0 saturated carbocycles. The predicted octanol–water partition coefficient (Wildman–Crippen LogP) is 3.86. The van der Waals surface area contributed by atoms with Gasteiger partial charge in [0.05, 0.1) is 10.6 Å². The summed E-state index contributed by atoms with van der Waals surface area (Å²) in [4.78, 5) is 15.7. The number of halogens is 1. The van der Waals surface area contributed by atoms with E-state index in [2.05, 4.69) is 4.90 Å². The number of amides is 1. The number of carbonyl (C=O) groups is 1. The molecule has 1 fully saturated rings. The topological polar surface area (TPSA) is 60.9 Å². The molecule has 2 aromatic carbocycles. The van der Waals surface area contributed by atoms with Crippen molar-refractivity contribution in [1.82, 2.24) is 4.90 Å². The van der Waals surface area contributed by atoms with E-state index in [0.717, 1.165) is 18.8 Å². The van der Waals surface area contributed by atoms with Gasteiger partial charge in [-0.15, -0.1) is 0 Å². The van der Waals surface area contributed by atoms with Crippen molar-refractivity contribution >= 4 is 38.9 Å². The van der Waals surface area contributed by atoms with E-state index >= 15 is 0 Å². The van der Waals surface area contributed by atoms with E-state index < -0.39 is 10.0 Å². The van der Waals surface area contributed by atoms with Gasteiger partial charge in [-0.05, 0) is 48.4 Å². The normalized spacial score (nSPS) is 14.8. The van der Waals surface area contributed by atoms with Crippen molar-refractivity contribution < 1.29 is 13.2 Å². The minimum Gasteiger partial charge on any atom is -0.368 e. The average molecular weight is 450 g/mol. The fourth-order valence-electron chi connectivity index (χ4n) is 3.54. The molecule has 2 aromatic rings. The van der Waals surface area contributed by atoms with Gasteiger partial charge in [-0.1, -0.05) is 31.5 Å². The van der Waals surface area contributed by atoms with Crippen molar-refractivity contribution in [1.29, 1.82) is 0 Å². The Morgan fingerprint density at radius 1 is 1.07 bits per heavy atom. The summed E-state index contributed by atoms with van der Waals surface area (Å²) in [6.45, 7) is 8.71. The maximum absolute atomic E-state index is 13.4. The lowest BCUT2D eigenvalue weighted by Gasteiger charge is -2.35. The highest BCUT2D eigenvalue weighted by atomic mass is 35.5. The standard InChI is InChI=1S/C22H28ClN3O3S/c1-17(2)16-26(21-6-4-5-19(23)15-21)30(28,29)22-9-7-20(8-10-22)25-13-11-24(12-14-25)18(3)27/h4-10,15,17H,11-14,16H2,1-3H3. The molecule has 1 aliphatic rings. The fourth-order valence-corrected chi connectivity index (χ4v) is 5.35. The summed E-state index contributed by atoms with van der Waals surface area (Å²) < 4.78 is 28.2. The smallest absolute Gasteiger partial charge is 0.264 e. The fraction of sp³-hybridized carbons (Fsp3) is 0.409. The van der Waals surface area contributed by atoms with Gasteiger partial charge in [-0.2, -0.15) is 0 Å². The predicted molar refractivity (Wildman–Crippen MR) is 122 cm³/mol. The minimum absolute atomic E-state index is 0.0855. The molecular formula is C22H28ClN3O3S. The zero-order valence-corrected chi connectivity index (χ0v) is 19.2. The molecule has 1 amide bonds. The molecule has 0 bridgehead atoms. The van der Waals surface area contributed by atoms with Gasteiger partial charge >= 0.3 is 0 Å². The maximum atomic E-state index is 13.4. The van der Waals surface area contributed by atoms with Crippen LogP contribution < -0.4 is 9.21 Å². The average Bonchev–Trinajstić information content (AvgIpc) is 2.72. The van der Waals surface area contributed by atoms with E-state index in [0.29, 0.717) is 30.3 Å². The summed E-state index contributed by atoms with van der Waals surface area (Å²) in [5, 5.41) is 0.497. The third-order valence-electron chi connectivity index (χ3n) is 5.14. The molecule has 0 aromatic heterocycles. The van der Waals surface area contributed by atoms with Crippen molar-refractivity contribution in [2.45, 2.75) is 25.7 Å². The van der Waals surface area contributed by atoms with Crippen LogP contribution in [0.4, 0.5) is 11.4 Å². The van der Waals surface area contributed by atoms with E-state index in [-0.39, 0.29) is 16.7 Å². The van der Waals surface area contributed by atoms with E-state index in [1.165, 1.54) is 4.31 Å². The number of benzene rings is 2. The Morgan fingerprint density at radius 3 is 2.23 bits per heavy atom. The molecule has 0 unspecified atom stereocenters. The Morgan fingerprint density at radius 2 is 1.70 bits per heavy atom. The number of piperazine rings is 1. The molecule has 0 aliphatic carbocycles. The van der Waals surface area contributed by atoms with Crippen LogP contribution in [0.15, 0.2) is 53.4 Å². The lowest BCUT2D eigenvalue weighted by atomic mass is 10.2. The Balaban J connectivity index is 1.83. The van der Waals surface area contributed by atoms with Crippen LogP contribution in [0.3, 0.4) is 0 Å². The number of anilines is 2. The molecule has 0 N–H and O–H groups in total. The Hall–Kier alpha value is -2.25. The first kappa shape index (κ1) is 22.4. The molecule has 0 radical (unpaired) electrons. The van der Waals surface area contributed by atoms with Crippen molar-refractivity contribution in [3.63, 3.8) is 0 Å². The molecule has 8 heteroatoms. The third kappa shape index (κ3) is 5.08. The number of carbonyl (C=O) groups excluding carboxylic acids is 1. The molecule has 1 aliphatic heterocycles. The van der Waals surface area contributed by atoms with Gasteiger partial charge in [-0.25, -0.2) is 8.42 Å². The van der Waals surface area contributed by atoms with Crippen LogP contribution in [-0.4, -0.2) is 51.9 Å². The number of nitrogens with zero attached hydrogens (tertiary/aromatic N) is 3. The van der Waals surface area contributed by atoms with Gasteiger partial charge in [-0.3, -0.25) is 9.10 Å². The van der Waals surface area contributed by atoms with Crippen molar-refractivity contribution in [2.24, 2.45) is 5.92 Å². The highest BCUT2D eigenvalue weighted by molar-refractivity contribution is 7.92. The summed E-state index contributed by atoms with van der Waals surface area (Å²) in [5.74, 6) is 0.234. The maximum Gasteiger partial charge on any atom is 0.264 e. The van der Waals surface area contributed by atoms with Crippen LogP contribution in [0.1, 0.15) is 20.8 Å². The van der Waals surface area contributed by atoms with Gasteiger partial charge < -0.3 is 9.80 Å². The largest absolute Gasteiger partial charge is 0.368 e. The quantitative estimate of drug-likeness (QED) is 0.671. The van der Waals surface area contributed by atoms with Gasteiger partial charge in [0.25, 0.3) is 10.0 Å². The van der Waals surface area contributed by atoms with Crippen LogP contribution in [-0.2, 0) is 14.8 Å². The van der Waals surface area contributed by atoms with E-state index in [9.17, 15) is 13.2 Å². The zero-order valence-electron chi connectivity index (χ0n) is 17.6. The number of rotatable bonds is 6. The van der Waals surface area contributed by atoms with Gasteiger partial charge in [0.1, 0.15) is 0 Å². The summed E-state index contributed by atoms with van der Waals surface area (Å²) in [5.41, 5.74) is 1.51. The lowest BCUT2D eigenvalue weighted by Crippen LogP contribution is -2.48. The molecule has 3 rings (SSSR count). The zero-order chi connectivity index (χ0) is 21.9. The number of hydrogen-bond donors (Lipinski definition) is 0.